The zero-order valence-electron chi connectivity index (χ0n) is 17.5. The highest BCUT2D eigenvalue weighted by Crippen LogP contribution is 2.31. The number of nitrogens with zero attached hydrogens (tertiary/aromatic N) is 3. The maximum atomic E-state index is 14.8. The van der Waals surface area contributed by atoms with Crippen LogP contribution in [0.2, 0.25) is 0 Å². The molecule has 0 N–H and O–H groups in total. The van der Waals surface area contributed by atoms with Crippen LogP contribution in [-0.2, 0) is 11.2 Å². The quantitative estimate of drug-likeness (QED) is 0.527. The molecule has 0 aliphatic carbocycles. The second kappa shape index (κ2) is 9.04. The van der Waals surface area contributed by atoms with E-state index in [1.165, 1.54) is 6.07 Å². The van der Waals surface area contributed by atoms with Crippen LogP contribution < -0.4 is 9.64 Å². The number of benzene rings is 2. The first-order valence-corrected chi connectivity index (χ1v) is 10.2. The lowest BCUT2D eigenvalue weighted by Crippen LogP contribution is -2.30. The minimum atomic E-state index is -0.445. The molecule has 4 rings (SSSR count). The molecule has 7 heteroatoms. The standard InChI is InChI=1S/C24H24FN3O3/c1-3-28(23-6-4-5-13-26-23)18-9-12-22(21(25)15-18)31-20-10-7-17(8-11-20)14-19-16-30-24(29)27(19)2/h4-13,15,19H,3,14,16H2,1-2H3/t19-/m0/s1. The van der Waals surface area contributed by atoms with Crippen molar-refractivity contribution in [1.82, 2.24) is 9.88 Å². The van der Waals surface area contributed by atoms with E-state index in [2.05, 4.69) is 4.98 Å². The topological polar surface area (TPSA) is 54.9 Å². The Morgan fingerprint density at radius 3 is 2.61 bits per heavy atom. The van der Waals surface area contributed by atoms with E-state index in [4.69, 9.17) is 9.47 Å². The molecule has 31 heavy (non-hydrogen) atoms. The summed E-state index contributed by atoms with van der Waals surface area (Å²) in [4.78, 5) is 19.3. The Bertz CT molecular complexity index is 1040. The maximum Gasteiger partial charge on any atom is 0.409 e. The number of carbonyl (C=O) groups excluding carboxylic acids is 1. The molecule has 1 atom stereocenters. The Kier molecular flexibility index (Phi) is 6.02. The lowest BCUT2D eigenvalue weighted by molar-refractivity contribution is 0.163. The Hall–Kier alpha value is -3.61. The largest absolute Gasteiger partial charge is 0.454 e. The summed E-state index contributed by atoms with van der Waals surface area (Å²) in [6, 6.07) is 18.0. The summed E-state index contributed by atoms with van der Waals surface area (Å²) in [5.74, 6) is 1.01. The van der Waals surface area contributed by atoms with Gasteiger partial charge in [0.05, 0.1) is 6.04 Å². The van der Waals surface area contributed by atoms with Gasteiger partial charge in [0.1, 0.15) is 18.2 Å². The van der Waals surface area contributed by atoms with Crippen LogP contribution in [0.5, 0.6) is 11.5 Å². The first-order chi connectivity index (χ1) is 15.0. The van der Waals surface area contributed by atoms with Gasteiger partial charge in [-0.25, -0.2) is 14.2 Å². The van der Waals surface area contributed by atoms with Crippen molar-refractivity contribution in [3.05, 3.63) is 78.2 Å². The van der Waals surface area contributed by atoms with Gasteiger partial charge in [-0.05, 0) is 55.3 Å². The third-order valence-corrected chi connectivity index (χ3v) is 5.33. The predicted octanol–water partition coefficient (Wildman–Crippen LogP) is 5.16. The highest BCUT2D eigenvalue weighted by Gasteiger charge is 2.29. The summed E-state index contributed by atoms with van der Waals surface area (Å²) in [5, 5.41) is 0. The molecule has 0 unspecified atom stereocenters. The summed E-state index contributed by atoms with van der Waals surface area (Å²) in [5.41, 5.74) is 1.76. The highest BCUT2D eigenvalue weighted by molar-refractivity contribution is 5.69. The number of cyclic esters (lactones) is 1. The van der Waals surface area contributed by atoms with Gasteiger partial charge < -0.3 is 19.3 Å². The van der Waals surface area contributed by atoms with Gasteiger partial charge in [-0.15, -0.1) is 0 Å². The summed E-state index contributed by atoms with van der Waals surface area (Å²) in [6.45, 7) is 3.03. The van der Waals surface area contributed by atoms with E-state index in [0.29, 0.717) is 31.0 Å². The van der Waals surface area contributed by atoms with Gasteiger partial charge in [0.2, 0.25) is 0 Å². The molecular weight excluding hydrogens is 397 g/mol. The fourth-order valence-electron chi connectivity index (χ4n) is 3.55. The molecule has 1 fully saturated rings. The fraction of sp³-hybridized carbons (Fsp3) is 0.250. The molecule has 2 heterocycles. The molecule has 1 aliphatic rings. The smallest absolute Gasteiger partial charge is 0.409 e. The van der Waals surface area contributed by atoms with E-state index < -0.39 is 5.82 Å². The predicted molar refractivity (Wildman–Crippen MR) is 116 cm³/mol. The minimum absolute atomic E-state index is 0.0184. The Morgan fingerprint density at radius 2 is 2.00 bits per heavy atom. The Morgan fingerprint density at radius 1 is 1.19 bits per heavy atom. The molecule has 0 radical (unpaired) electrons. The van der Waals surface area contributed by atoms with Gasteiger partial charge >= 0.3 is 6.09 Å². The molecule has 160 valence electrons. The van der Waals surface area contributed by atoms with E-state index in [1.54, 1.807) is 36.3 Å². The van der Waals surface area contributed by atoms with Gasteiger partial charge in [-0.2, -0.15) is 0 Å². The molecular formula is C24H24FN3O3. The van der Waals surface area contributed by atoms with Crippen LogP contribution >= 0.6 is 0 Å². The molecule has 1 saturated heterocycles. The van der Waals surface area contributed by atoms with Crippen molar-refractivity contribution in [2.24, 2.45) is 0 Å². The molecule has 1 aromatic heterocycles. The van der Waals surface area contributed by atoms with Gasteiger partial charge in [-0.1, -0.05) is 18.2 Å². The summed E-state index contributed by atoms with van der Waals surface area (Å²) < 4.78 is 25.5. The number of hydrogen-bond donors (Lipinski definition) is 0. The van der Waals surface area contributed by atoms with E-state index >= 15 is 0 Å². The third kappa shape index (κ3) is 4.60. The Balaban J connectivity index is 1.44. The molecule has 3 aromatic rings. The second-order valence-corrected chi connectivity index (χ2v) is 7.34. The monoisotopic (exact) mass is 421 g/mol. The van der Waals surface area contributed by atoms with Crippen molar-refractivity contribution < 1.29 is 18.7 Å². The van der Waals surface area contributed by atoms with Crippen molar-refractivity contribution in [1.29, 1.82) is 0 Å². The minimum Gasteiger partial charge on any atom is -0.454 e. The number of anilines is 2. The van der Waals surface area contributed by atoms with Crippen molar-refractivity contribution in [2.75, 3.05) is 25.1 Å². The Labute approximate surface area is 180 Å². The van der Waals surface area contributed by atoms with Crippen molar-refractivity contribution >= 4 is 17.6 Å². The van der Waals surface area contributed by atoms with Crippen LogP contribution in [0.4, 0.5) is 20.7 Å². The van der Waals surface area contributed by atoms with Crippen LogP contribution in [0.15, 0.2) is 66.9 Å². The molecule has 0 bridgehead atoms. The van der Waals surface area contributed by atoms with E-state index in [9.17, 15) is 9.18 Å². The number of halogens is 1. The number of ether oxygens (including phenoxy) is 2. The van der Waals surface area contributed by atoms with Crippen LogP contribution in [-0.4, -0.2) is 42.2 Å². The molecule has 1 aliphatic heterocycles. The first-order valence-electron chi connectivity index (χ1n) is 10.2. The van der Waals surface area contributed by atoms with Crippen molar-refractivity contribution in [3.8, 4) is 11.5 Å². The lowest BCUT2D eigenvalue weighted by Gasteiger charge is -2.22. The molecule has 2 aromatic carbocycles. The molecule has 6 nitrogen and oxygen atoms in total. The fourth-order valence-corrected chi connectivity index (χ4v) is 3.55. The van der Waals surface area contributed by atoms with Gasteiger partial charge in [-0.3, -0.25) is 0 Å². The maximum absolute atomic E-state index is 14.8. The zero-order valence-corrected chi connectivity index (χ0v) is 17.5. The average Bonchev–Trinajstić information content (AvgIpc) is 3.10. The van der Waals surface area contributed by atoms with E-state index in [1.807, 2.05) is 48.2 Å². The van der Waals surface area contributed by atoms with Crippen LogP contribution in [0.1, 0.15) is 12.5 Å². The van der Waals surface area contributed by atoms with E-state index in [0.717, 1.165) is 11.4 Å². The molecule has 0 spiro atoms. The van der Waals surface area contributed by atoms with Gasteiger partial charge in [0.15, 0.2) is 11.6 Å². The number of pyridine rings is 1. The van der Waals surface area contributed by atoms with Gasteiger partial charge in [0, 0.05) is 31.5 Å². The van der Waals surface area contributed by atoms with Gasteiger partial charge in [0.25, 0.3) is 0 Å². The van der Waals surface area contributed by atoms with Crippen LogP contribution in [0.25, 0.3) is 0 Å². The van der Waals surface area contributed by atoms with E-state index in [-0.39, 0.29) is 17.9 Å². The number of aromatic nitrogens is 1. The second-order valence-electron chi connectivity index (χ2n) is 7.34. The SMILES string of the molecule is CCN(c1ccc(Oc2ccc(C[C@H]3COC(=O)N3C)cc2)c(F)c1)c1ccccn1. The highest BCUT2D eigenvalue weighted by atomic mass is 19.1. The summed E-state index contributed by atoms with van der Waals surface area (Å²) >= 11 is 0. The number of carbonyl (C=O) groups is 1. The van der Waals surface area contributed by atoms with Crippen LogP contribution in [0.3, 0.4) is 0 Å². The summed E-state index contributed by atoms with van der Waals surface area (Å²) in [6.07, 6.45) is 2.10. The first kappa shape index (κ1) is 20.7. The number of amides is 1. The third-order valence-electron chi connectivity index (χ3n) is 5.33. The number of hydrogen-bond acceptors (Lipinski definition) is 5. The molecule has 1 amide bonds. The van der Waals surface area contributed by atoms with Crippen molar-refractivity contribution in [3.63, 3.8) is 0 Å². The van der Waals surface area contributed by atoms with Crippen LogP contribution in [0, 0.1) is 5.82 Å². The van der Waals surface area contributed by atoms with Crippen molar-refractivity contribution in [2.45, 2.75) is 19.4 Å². The number of likely N-dealkylation sites (N-methyl/N-ethyl adjacent to an activating group) is 1. The summed E-state index contributed by atoms with van der Waals surface area (Å²) in [7, 11) is 1.73. The average molecular weight is 421 g/mol. The normalized spacial score (nSPS) is 15.6. The number of rotatable bonds is 7. The lowest BCUT2D eigenvalue weighted by atomic mass is 10.1. The zero-order chi connectivity index (χ0) is 21.8. The molecule has 0 saturated carbocycles.